The number of thioether (sulfide) groups is 1. The Balaban J connectivity index is 1.66. The summed E-state index contributed by atoms with van der Waals surface area (Å²) in [5.74, 6) is 1.07. The molecule has 1 amide bonds. The molecule has 33 heavy (non-hydrogen) atoms. The number of nitrogens with one attached hydrogen (secondary N) is 1. The topological polar surface area (TPSA) is 66.5 Å². The maximum Gasteiger partial charge on any atom is 0.264 e. The quantitative estimate of drug-likeness (QED) is 0.387. The van der Waals surface area contributed by atoms with Crippen molar-refractivity contribution in [2.75, 3.05) is 23.1 Å². The van der Waals surface area contributed by atoms with E-state index in [4.69, 9.17) is 11.6 Å². The second-order valence-corrected chi connectivity index (χ2v) is 11.0. The van der Waals surface area contributed by atoms with E-state index in [1.54, 1.807) is 48.2 Å². The van der Waals surface area contributed by atoms with Gasteiger partial charge in [-0.2, -0.15) is 11.8 Å². The van der Waals surface area contributed by atoms with E-state index < -0.39 is 10.0 Å². The molecule has 0 saturated heterocycles. The van der Waals surface area contributed by atoms with Gasteiger partial charge in [0.1, 0.15) is 6.54 Å². The largest absolute Gasteiger partial charge is 0.354 e. The third-order valence-corrected chi connectivity index (χ3v) is 8.21. The molecular formula is C25H27ClN2O3S2. The average molecular weight is 503 g/mol. The molecule has 3 aromatic rings. The van der Waals surface area contributed by atoms with Crippen molar-refractivity contribution in [1.29, 1.82) is 0 Å². The Morgan fingerprint density at radius 1 is 0.970 bits per heavy atom. The number of carbonyl (C=O) groups excluding carboxylic acids is 1. The van der Waals surface area contributed by atoms with Gasteiger partial charge in [-0.3, -0.25) is 9.10 Å². The molecule has 8 heteroatoms. The van der Waals surface area contributed by atoms with Crippen LogP contribution in [-0.2, 0) is 20.6 Å². The molecule has 0 aliphatic carbocycles. The Morgan fingerprint density at radius 3 is 2.33 bits per heavy atom. The van der Waals surface area contributed by atoms with Gasteiger partial charge in [0, 0.05) is 23.1 Å². The van der Waals surface area contributed by atoms with E-state index in [2.05, 4.69) is 5.32 Å². The summed E-state index contributed by atoms with van der Waals surface area (Å²) in [6.07, 6.45) is 0. The number of para-hydroxylation sites is 1. The summed E-state index contributed by atoms with van der Waals surface area (Å²) in [7, 11) is -3.91. The highest BCUT2D eigenvalue weighted by molar-refractivity contribution is 7.98. The van der Waals surface area contributed by atoms with Crippen molar-refractivity contribution in [2.45, 2.75) is 24.5 Å². The van der Waals surface area contributed by atoms with Crippen LogP contribution in [0.1, 0.15) is 16.7 Å². The monoisotopic (exact) mass is 502 g/mol. The maximum absolute atomic E-state index is 13.4. The van der Waals surface area contributed by atoms with Gasteiger partial charge in [0.15, 0.2) is 0 Å². The molecule has 0 atom stereocenters. The zero-order valence-corrected chi connectivity index (χ0v) is 21.0. The number of halogens is 1. The average Bonchev–Trinajstić information content (AvgIpc) is 2.79. The van der Waals surface area contributed by atoms with Crippen molar-refractivity contribution in [2.24, 2.45) is 0 Å². The van der Waals surface area contributed by atoms with E-state index in [9.17, 15) is 13.2 Å². The number of benzene rings is 3. The molecule has 0 unspecified atom stereocenters. The minimum atomic E-state index is -3.91. The predicted octanol–water partition coefficient (Wildman–Crippen LogP) is 5.20. The van der Waals surface area contributed by atoms with Crippen molar-refractivity contribution < 1.29 is 13.2 Å². The molecule has 174 valence electrons. The molecule has 0 bridgehead atoms. The molecule has 0 saturated carbocycles. The van der Waals surface area contributed by atoms with Crippen LogP contribution >= 0.6 is 23.4 Å². The van der Waals surface area contributed by atoms with E-state index in [-0.39, 0.29) is 17.3 Å². The molecule has 3 aromatic carbocycles. The molecule has 0 aliphatic rings. The number of amides is 1. The summed E-state index contributed by atoms with van der Waals surface area (Å²) in [6, 6.07) is 21.5. The Bertz CT molecular complexity index is 1200. The summed E-state index contributed by atoms with van der Waals surface area (Å²) in [5.41, 5.74) is 3.27. The molecule has 0 spiro atoms. The van der Waals surface area contributed by atoms with Crippen LogP contribution in [0.4, 0.5) is 5.69 Å². The van der Waals surface area contributed by atoms with Crippen LogP contribution in [0.3, 0.4) is 0 Å². The van der Waals surface area contributed by atoms with Crippen molar-refractivity contribution in [3.63, 3.8) is 0 Å². The smallest absolute Gasteiger partial charge is 0.264 e. The van der Waals surface area contributed by atoms with Crippen LogP contribution < -0.4 is 9.62 Å². The minimum absolute atomic E-state index is 0.152. The summed E-state index contributed by atoms with van der Waals surface area (Å²) >= 11 is 7.83. The first-order valence-corrected chi connectivity index (χ1v) is 13.5. The molecule has 0 aliphatic heterocycles. The van der Waals surface area contributed by atoms with Gasteiger partial charge in [-0.05, 0) is 49.2 Å². The number of carbonyl (C=O) groups is 1. The normalized spacial score (nSPS) is 11.2. The highest BCUT2D eigenvalue weighted by Gasteiger charge is 2.28. The Kier molecular flexibility index (Phi) is 8.83. The number of sulfonamides is 1. The van der Waals surface area contributed by atoms with E-state index in [0.717, 1.165) is 27.5 Å². The first-order chi connectivity index (χ1) is 15.8. The number of hydrogen-bond donors (Lipinski definition) is 1. The van der Waals surface area contributed by atoms with Gasteiger partial charge in [-0.1, -0.05) is 65.7 Å². The van der Waals surface area contributed by atoms with Gasteiger partial charge in [0.05, 0.1) is 10.6 Å². The number of anilines is 1. The van der Waals surface area contributed by atoms with E-state index in [0.29, 0.717) is 18.0 Å². The number of nitrogens with zero attached hydrogens (tertiary/aromatic N) is 1. The molecule has 3 rings (SSSR count). The van der Waals surface area contributed by atoms with E-state index in [1.807, 2.05) is 50.2 Å². The van der Waals surface area contributed by atoms with Crippen molar-refractivity contribution in [1.82, 2.24) is 5.32 Å². The molecule has 1 N–H and O–H groups in total. The second kappa shape index (κ2) is 11.6. The van der Waals surface area contributed by atoms with Crippen molar-refractivity contribution in [3.05, 3.63) is 94.5 Å². The Hall–Kier alpha value is -2.48. The third-order valence-electron chi connectivity index (χ3n) is 5.06. The first-order valence-electron chi connectivity index (χ1n) is 10.5. The fraction of sp³-hybridized carbons (Fsp3) is 0.240. The van der Waals surface area contributed by atoms with Crippen LogP contribution in [0.2, 0.25) is 5.02 Å². The van der Waals surface area contributed by atoms with Gasteiger partial charge in [0.2, 0.25) is 5.91 Å². The molecule has 0 heterocycles. The number of hydrogen-bond acceptors (Lipinski definition) is 4. The highest BCUT2D eigenvalue weighted by atomic mass is 35.5. The summed E-state index contributed by atoms with van der Waals surface area (Å²) in [6.45, 7) is 3.86. The zero-order chi connectivity index (χ0) is 23.8. The Morgan fingerprint density at radius 2 is 1.64 bits per heavy atom. The fourth-order valence-electron chi connectivity index (χ4n) is 3.23. The van der Waals surface area contributed by atoms with Gasteiger partial charge in [-0.25, -0.2) is 8.42 Å². The molecule has 0 radical (unpaired) electrons. The van der Waals surface area contributed by atoms with Crippen LogP contribution in [0, 0.1) is 13.8 Å². The standard InChI is InChI=1S/C25H27ClN2O3S2/c1-19-11-13-22(14-12-19)33(30,31)28(24-10-6-3-7-20(24)2)17-25(29)27-15-16-32-18-21-8-4-5-9-23(21)26/h3-14H,15-18H2,1-2H3,(H,27,29). The van der Waals surface area contributed by atoms with Crippen LogP contribution in [0.15, 0.2) is 77.7 Å². The van der Waals surface area contributed by atoms with Gasteiger partial charge in [0.25, 0.3) is 10.0 Å². The minimum Gasteiger partial charge on any atom is -0.354 e. The van der Waals surface area contributed by atoms with Crippen molar-refractivity contribution >= 4 is 45.0 Å². The zero-order valence-electron chi connectivity index (χ0n) is 18.6. The number of rotatable bonds is 10. The molecular weight excluding hydrogens is 476 g/mol. The summed E-state index contributed by atoms with van der Waals surface area (Å²) in [5, 5.41) is 3.56. The van der Waals surface area contributed by atoms with Crippen LogP contribution in [0.5, 0.6) is 0 Å². The fourth-order valence-corrected chi connectivity index (χ4v) is 5.86. The van der Waals surface area contributed by atoms with Crippen molar-refractivity contribution in [3.8, 4) is 0 Å². The number of aryl methyl sites for hydroxylation is 2. The second-order valence-electron chi connectivity index (χ2n) is 7.61. The molecule has 0 aromatic heterocycles. The van der Waals surface area contributed by atoms with E-state index in [1.165, 1.54) is 4.31 Å². The lowest BCUT2D eigenvalue weighted by Crippen LogP contribution is -2.41. The Labute approximate surface area is 205 Å². The summed E-state index contributed by atoms with van der Waals surface area (Å²) in [4.78, 5) is 12.9. The van der Waals surface area contributed by atoms with Gasteiger partial charge in [-0.15, -0.1) is 0 Å². The van der Waals surface area contributed by atoms with E-state index >= 15 is 0 Å². The van der Waals surface area contributed by atoms with Crippen LogP contribution in [0.25, 0.3) is 0 Å². The lowest BCUT2D eigenvalue weighted by molar-refractivity contribution is -0.119. The lowest BCUT2D eigenvalue weighted by Gasteiger charge is -2.25. The third kappa shape index (κ3) is 6.76. The first kappa shape index (κ1) is 25.1. The highest BCUT2D eigenvalue weighted by Crippen LogP contribution is 2.27. The van der Waals surface area contributed by atoms with Gasteiger partial charge < -0.3 is 5.32 Å². The lowest BCUT2D eigenvalue weighted by atomic mass is 10.2. The molecule has 5 nitrogen and oxygen atoms in total. The SMILES string of the molecule is Cc1ccc(S(=O)(=O)N(CC(=O)NCCSCc2ccccc2Cl)c2ccccc2C)cc1. The predicted molar refractivity (Wildman–Crippen MR) is 138 cm³/mol. The maximum atomic E-state index is 13.4. The van der Waals surface area contributed by atoms with Gasteiger partial charge >= 0.3 is 0 Å². The molecule has 0 fully saturated rings. The summed E-state index contributed by atoms with van der Waals surface area (Å²) < 4.78 is 28.0. The van der Waals surface area contributed by atoms with Crippen LogP contribution in [-0.4, -0.2) is 33.2 Å².